The van der Waals surface area contributed by atoms with Crippen LogP contribution in [0.15, 0.2) is 67.0 Å². The zero-order chi connectivity index (χ0) is 27.5. The van der Waals surface area contributed by atoms with E-state index in [1.807, 2.05) is 79.2 Å². The first-order valence-corrected chi connectivity index (χ1v) is 13.8. The number of aromatic nitrogens is 2. The maximum atomic E-state index is 13.3. The van der Waals surface area contributed by atoms with E-state index in [-0.39, 0.29) is 5.91 Å². The molecule has 4 rings (SSSR count). The second-order valence-corrected chi connectivity index (χ2v) is 9.23. The van der Waals surface area contributed by atoms with Crippen molar-refractivity contribution in [3.05, 3.63) is 83.7 Å². The first kappa shape index (κ1) is 28.9. The Morgan fingerprint density at radius 1 is 1.03 bits per heavy atom. The maximum Gasteiger partial charge on any atom is 0.255 e. The summed E-state index contributed by atoms with van der Waals surface area (Å²) in [6.07, 6.45) is 7.40. The number of ether oxygens (including phenoxy) is 1. The van der Waals surface area contributed by atoms with Crippen molar-refractivity contribution >= 4 is 17.2 Å². The van der Waals surface area contributed by atoms with Gasteiger partial charge in [0.25, 0.3) is 5.91 Å². The number of nitrogens with zero attached hydrogens (tertiary/aromatic N) is 3. The summed E-state index contributed by atoms with van der Waals surface area (Å²) in [7, 11) is 1.66. The Labute approximate surface area is 227 Å². The second kappa shape index (κ2) is 14.3. The number of carbonyl (C=O) groups excluding carboxylic acids is 1. The number of hydrogen-bond donors (Lipinski definition) is 1. The van der Waals surface area contributed by atoms with E-state index in [9.17, 15) is 4.79 Å². The molecule has 4 aromatic rings. The molecule has 0 unspecified atom stereocenters. The van der Waals surface area contributed by atoms with Crippen LogP contribution in [0.4, 0.5) is 5.69 Å². The van der Waals surface area contributed by atoms with E-state index >= 15 is 0 Å². The third kappa shape index (κ3) is 7.23. The minimum Gasteiger partial charge on any atom is -0.497 e. The predicted molar refractivity (Wildman–Crippen MR) is 158 cm³/mol. The largest absolute Gasteiger partial charge is 0.497 e. The number of imidazole rings is 1. The second-order valence-electron chi connectivity index (χ2n) is 9.23. The van der Waals surface area contributed by atoms with Crippen LogP contribution in [0.2, 0.25) is 0 Å². The molecule has 0 radical (unpaired) electrons. The Hall–Kier alpha value is -3.64. The minimum absolute atomic E-state index is 0.115. The quantitative estimate of drug-likeness (QED) is 0.224. The van der Waals surface area contributed by atoms with E-state index in [2.05, 4.69) is 37.1 Å². The average Bonchev–Trinajstić information content (AvgIpc) is 3.39. The highest BCUT2D eigenvalue weighted by Crippen LogP contribution is 2.24. The van der Waals surface area contributed by atoms with Crippen LogP contribution in [0.1, 0.15) is 68.4 Å². The van der Waals surface area contributed by atoms with Crippen molar-refractivity contribution < 1.29 is 9.53 Å². The number of amides is 1. The summed E-state index contributed by atoms with van der Waals surface area (Å²) in [6.45, 7) is 13.2. The third-order valence-corrected chi connectivity index (χ3v) is 6.44. The smallest absolute Gasteiger partial charge is 0.255 e. The molecule has 2 aromatic carbocycles. The van der Waals surface area contributed by atoms with Crippen molar-refractivity contribution in [3.8, 4) is 17.0 Å². The highest BCUT2D eigenvalue weighted by atomic mass is 16.5. The molecule has 1 N–H and O–H groups in total. The number of nitrogens with one attached hydrogen (secondary N) is 1. The van der Waals surface area contributed by atoms with Crippen LogP contribution in [0.5, 0.6) is 5.75 Å². The van der Waals surface area contributed by atoms with Crippen molar-refractivity contribution in [1.29, 1.82) is 0 Å². The molecule has 2 aromatic heterocycles. The number of hydrogen-bond acceptors (Lipinski definition) is 4. The van der Waals surface area contributed by atoms with Crippen molar-refractivity contribution in [2.45, 2.75) is 60.4 Å². The number of carbonyl (C=O) groups is 1. The van der Waals surface area contributed by atoms with Gasteiger partial charge in [0.2, 0.25) is 0 Å². The number of methoxy groups -OCH3 is 1. The summed E-state index contributed by atoms with van der Waals surface area (Å²) in [5, 5.41) is 3.08. The van der Waals surface area contributed by atoms with E-state index in [1.165, 1.54) is 0 Å². The number of anilines is 1. The number of pyridine rings is 1. The van der Waals surface area contributed by atoms with Crippen LogP contribution in [-0.2, 0) is 6.54 Å². The van der Waals surface area contributed by atoms with Crippen LogP contribution in [0.25, 0.3) is 16.9 Å². The lowest BCUT2D eigenvalue weighted by Gasteiger charge is -2.23. The van der Waals surface area contributed by atoms with Gasteiger partial charge in [0, 0.05) is 35.8 Å². The van der Waals surface area contributed by atoms with Gasteiger partial charge in [-0.05, 0) is 80.4 Å². The zero-order valence-electron chi connectivity index (χ0n) is 23.8. The van der Waals surface area contributed by atoms with Gasteiger partial charge in [-0.3, -0.25) is 9.69 Å². The monoisotopic (exact) mass is 514 g/mol. The van der Waals surface area contributed by atoms with Gasteiger partial charge in [-0.25, -0.2) is 4.98 Å². The molecule has 6 nitrogen and oxygen atoms in total. The number of unbranched alkanes of at least 4 members (excludes halogenated alkanes) is 1. The summed E-state index contributed by atoms with van der Waals surface area (Å²) in [4.78, 5) is 20.5. The van der Waals surface area contributed by atoms with E-state index in [0.717, 1.165) is 78.4 Å². The van der Waals surface area contributed by atoms with E-state index in [1.54, 1.807) is 7.11 Å². The van der Waals surface area contributed by atoms with Crippen molar-refractivity contribution in [2.24, 2.45) is 0 Å². The van der Waals surface area contributed by atoms with Crippen LogP contribution >= 0.6 is 0 Å². The lowest BCUT2D eigenvalue weighted by molar-refractivity contribution is 0.102. The van der Waals surface area contributed by atoms with Crippen LogP contribution in [0.3, 0.4) is 0 Å². The molecule has 1 amide bonds. The first-order chi connectivity index (χ1) is 18.5. The summed E-state index contributed by atoms with van der Waals surface area (Å²) >= 11 is 0. The van der Waals surface area contributed by atoms with E-state index in [0.29, 0.717) is 5.56 Å². The standard InChI is InChI=1S/C30H36N4O2.C2H6/c1-5-7-17-33(16-6-2)20-24-19-26(36-4)14-15-27(24)30(35)31-25-12-10-23(11-13-25)28-21-34-18-8-9-22(3)29(34)32-28;1-2/h8-15,18-19,21H,5-7,16-17,20H2,1-4H3,(H,31,35);1-2H3. The van der Waals surface area contributed by atoms with Gasteiger partial charge < -0.3 is 14.5 Å². The molecule has 0 saturated heterocycles. The fraction of sp³-hybridized carbons (Fsp3) is 0.375. The average molecular weight is 515 g/mol. The lowest BCUT2D eigenvalue weighted by atomic mass is 10.0. The molecule has 0 atom stereocenters. The molecule has 0 spiro atoms. The Bertz CT molecular complexity index is 1310. The predicted octanol–water partition coefficient (Wildman–Crippen LogP) is 7.61. The fourth-order valence-electron chi connectivity index (χ4n) is 4.47. The molecule has 6 heteroatoms. The first-order valence-electron chi connectivity index (χ1n) is 13.8. The topological polar surface area (TPSA) is 58.9 Å². The molecular formula is C32H42N4O2. The van der Waals surface area contributed by atoms with Gasteiger partial charge in [0.15, 0.2) is 0 Å². The molecule has 0 saturated carbocycles. The summed E-state index contributed by atoms with van der Waals surface area (Å²) < 4.78 is 7.49. The molecular weight excluding hydrogens is 472 g/mol. The minimum atomic E-state index is -0.115. The van der Waals surface area contributed by atoms with Crippen molar-refractivity contribution in [3.63, 3.8) is 0 Å². The highest BCUT2D eigenvalue weighted by Gasteiger charge is 2.16. The van der Waals surface area contributed by atoms with Crippen LogP contribution in [0, 0.1) is 6.92 Å². The highest BCUT2D eigenvalue weighted by molar-refractivity contribution is 6.05. The third-order valence-electron chi connectivity index (χ3n) is 6.44. The molecule has 0 aliphatic carbocycles. The van der Waals surface area contributed by atoms with Crippen LogP contribution in [-0.4, -0.2) is 40.4 Å². The summed E-state index contributed by atoms with van der Waals surface area (Å²) in [6, 6.07) is 17.6. The van der Waals surface area contributed by atoms with Crippen molar-refractivity contribution in [1.82, 2.24) is 14.3 Å². The molecule has 0 bridgehead atoms. The van der Waals surface area contributed by atoms with Gasteiger partial charge in [0.05, 0.1) is 12.8 Å². The SMILES string of the molecule is CC.CCCCN(CCC)Cc1cc(OC)ccc1C(=O)Nc1ccc(-c2cn3cccc(C)c3n2)cc1. The van der Waals surface area contributed by atoms with Gasteiger partial charge in [-0.1, -0.05) is 52.3 Å². The Morgan fingerprint density at radius 3 is 2.45 bits per heavy atom. The number of aryl methyl sites for hydroxylation is 1. The maximum absolute atomic E-state index is 13.3. The van der Waals surface area contributed by atoms with E-state index in [4.69, 9.17) is 9.72 Å². The van der Waals surface area contributed by atoms with Crippen molar-refractivity contribution in [2.75, 3.05) is 25.5 Å². The van der Waals surface area contributed by atoms with Gasteiger partial charge >= 0.3 is 0 Å². The van der Waals surface area contributed by atoms with Crippen LogP contribution < -0.4 is 10.1 Å². The molecule has 38 heavy (non-hydrogen) atoms. The molecule has 202 valence electrons. The summed E-state index contributed by atoms with van der Waals surface area (Å²) in [5.74, 6) is 0.649. The molecule has 0 aliphatic rings. The Balaban J connectivity index is 0.00000195. The molecule has 2 heterocycles. The summed E-state index contributed by atoms with van der Waals surface area (Å²) in [5.41, 5.74) is 6.40. The Kier molecular flexibility index (Phi) is 10.9. The van der Waals surface area contributed by atoms with Gasteiger partial charge in [0.1, 0.15) is 11.4 Å². The van der Waals surface area contributed by atoms with Gasteiger partial charge in [-0.2, -0.15) is 0 Å². The number of rotatable bonds is 11. The number of fused-ring (bicyclic) bond motifs is 1. The fourth-order valence-corrected chi connectivity index (χ4v) is 4.47. The number of benzene rings is 2. The van der Waals surface area contributed by atoms with E-state index < -0.39 is 0 Å². The Morgan fingerprint density at radius 2 is 1.79 bits per heavy atom. The lowest BCUT2D eigenvalue weighted by Crippen LogP contribution is -2.27. The molecule has 0 fully saturated rings. The van der Waals surface area contributed by atoms with Gasteiger partial charge in [-0.15, -0.1) is 0 Å². The normalized spacial score (nSPS) is 10.8. The zero-order valence-corrected chi connectivity index (χ0v) is 23.8. The molecule has 0 aliphatic heterocycles.